The van der Waals surface area contributed by atoms with Crippen molar-refractivity contribution < 1.29 is 28.1 Å². The van der Waals surface area contributed by atoms with Crippen LogP contribution in [-0.4, -0.2) is 75.3 Å². The molecule has 1 atom stereocenters. The van der Waals surface area contributed by atoms with Crippen LogP contribution >= 0.6 is 0 Å². The van der Waals surface area contributed by atoms with Gasteiger partial charge in [-0.3, -0.25) is 4.90 Å². The molecule has 1 saturated heterocycles. The van der Waals surface area contributed by atoms with E-state index in [1.807, 2.05) is 19.2 Å². The van der Waals surface area contributed by atoms with Gasteiger partial charge in [-0.05, 0) is 61.1 Å². The maximum Gasteiger partial charge on any atom is 0.240 e. The monoisotopic (exact) mass is 513 g/mol. The second-order valence-corrected chi connectivity index (χ2v) is 10.4. The SMILES string of the molecule is COc1ccccc1Oc1ccc(S(=O)(=O)NCC(c2ccc(O)c(O)c2)N2CCN(C)CC2)cc1. The van der Waals surface area contributed by atoms with E-state index in [1.54, 1.807) is 37.4 Å². The molecule has 0 aliphatic carbocycles. The number of aromatic hydroxyl groups is 2. The third-order valence-electron chi connectivity index (χ3n) is 6.26. The molecule has 0 amide bonds. The van der Waals surface area contributed by atoms with Gasteiger partial charge in [0.25, 0.3) is 0 Å². The summed E-state index contributed by atoms with van der Waals surface area (Å²) < 4.78 is 40.1. The van der Waals surface area contributed by atoms with Gasteiger partial charge < -0.3 is 24.6 Å². The number of hydrogen-bond donors (Lipinski definition) is 3. The summed E-state index contributed by atoms with van der Waals surface area (Å²) in [7, 11) is -0.214. The van der Waals surface area contributed by atoms with Crippen molar-refractivity contribution in [3.63, 3.8) is 0 Å². The van der Waals surface area contributed by atoms with Gasteiger partial charge >= 0.3 is 0 Å². The number of phenolic OH excluding ortho intramolecular Hbond substituents is 2. The lowest BCUT2D eigenvalue weighted by atomic mass is 10.0. The molecule has 1 fully saturated rings. The molecule has 0 aromatic heterocycles. The van der Waals surface area contributed by atoms with E-state index < -0.39 is 10.0 Å². The summed E-state index contributed by atoms with van der Waals surface area (Å²) >= 11 is 0. The molecule has 1 aliphatic heterocycles. The lowest BCUT2D eigenvalue weighted by Crippen LogP contribution is -2.48. The zero-order valence-electron chi connectivity index (χ0n) is 20.3. The van der Waals surface area contributed by atoms with Crippen LogP contribution in [-0.2, 0) is 10.0 Å². The lowest BCUT2D eigenvalue weighted by molar-refractivity contribution is 0.112. The second-order valence-electron chi connectivity index (χ2n) is 8.68. The molecular formula is C26H31N3O6S. The van der Waals surface area contributed by atoms with Crippen molar-refractivity contribution in [1.82, 2.24) is 14.5 Å². The van der Waals surface area contributed by atoms with E-state index in [2.05, 4.69) is 14.5 Å². The average molecular weight is 514 g/mol. The van der Waals surface area contributed by atoms with Crippen LogP contribution < -0.4 is 14.2 Å². The Morgan fingerprint density at radius 1 is 0.917 bits per heavy atom. The Kier molecular flexibility index (Phi) is 8.00. The summed E-state index contributed by atoms with van der Waals surface area (Å²) in [5.41, 5.74) is 0.720. The van der Waals surface area contributed by atoms with Gasteiger partial charge in [0.05, 0.1) is 12.0 Å². The molecule has 10 heteroatoms. The largest absolute Gasteiger partial charge is 0.504 e. The molecule has 1 heterocycles. The topological polar surface area (TPSA) is 112 Å². The van der Waals surface area contributed by atoms with Gasteiger partial charge in [-0.1, -0.05) is 18.2 Å². The molecule has 1 unspecified atom stereocenters. The van der Waals surface area contributed by atoms with Crippen molar-refractivity contribution >= 4 is 10.0 Å². The first-order chi connectivity index (χ1) is 17.3. The Balaban J connectivity index is 1.49. The maximum atomic E-state index is 13.1. The minimum atomic E-state index is -3.81. The minimum Gasteiger partial charge on any atom is -0.504 e. The fourth-order valence-electron chi connectivity index (χ4n) is 4.13. The molecule has 0 saturated carbocycles. The molecule has 1 aliphatic rings. The Bertz CT molecular complexity index is 1280. The fraction of sp³-hybridized carbons (Fsp3) is 0.308. The van der Waals surface area contributed by atoms with Crippen LogP contribution in [0.5, 0.6) is 28.7 Å². The third kappa shape index (κ3) is 6.08. The highest BCUT2D eigenvalue weighted by Crippen LogP contribution is 2.32. The van der Waals surface area contributed by atoms with Gasteiger partial charge in [0.15, 0.2) is 23.0 Å². The Morgan fingerprint density at radius 3 is 2.22 bits per heavy atom. The summed E-state index contributed by atoms with van der Waals surface area (Å²) in [5, 5.41) is 19.7. The van der Waals surface area contributed by atoms with Crippen LogP contribution in [0.15, 0.2) is 71.6 Å². The number of piperazine rings is 1. The average Bonchev–Trinajstić information content (AvgIpc) is 2.88. The number of nitrogens with zero attached hydrogens (tertiary/aromatic N) is 2. The summed E-state index contributed by atoms with van der Waals surface area (Å²) in [6.07, 6.45) is 0. The molecule has 0 bridgehead atoms. The van der Waals surface area contributed by atoms with E-state index in [1.165, 1.54) is 24.3 Å². The van der Waals surface area contributed by atoms with Gasteiger partial charge in [-0.15, -0.1) is 0 Å². The number of nitrogens with one attached hydrogen (secondary N) is 1. The van der Waals surface area contributed by atoms with Crippen LogP contribution in [0.25, 0.3) is 0 Å². The fourth-order valence-corrected chi connectivity index (χ4v) is 5.17. The van der Waals surface area contributed by atoms with E-state index in [4.69, 9.17) is 9.47 Å². The predicted molar refractivity (Wildman–Crippen MR) is 136 cm³/mol. The van der Waals surface area contributed by atoms with E-state index in [0.717, 1.165) is 31.7 Å². The molecule has 9 nitrogen and oxygen atoms in total. The molecule has 0 spiro atoms. The molecule has 192 valence electrons. The van der Waals surface area contributed by atoms with Gasteiger partial charge in [0.2, 0.25) is 10.0 Å². The molecule has 0 radical (unpaired) electrons. The van der Waals surface area contributed by atoms with E-state index in [0.29, 0.717) is 17.2 Å². The highest BCUT2D eigenvalue weighted by molar-refractivity contribution is 7.89. The highest BCUT2D eigenvalue weighted by Gasteiger charge is 2.26. The molecule has 3 N–H and O–H groups in total. The Hall–Kier alpha value is -3.31. The van der Waals surface area contributed by atoms with Crippen LogP contribution in [0.2, 0.25) is 0 Å². The highest BCUT2D eigenvalue weighted by atomic mass is 32.2. The zero-order valence-corrected chi connectivity index (χ0v) is 21.1. The van der Waals surface area contributed by atoms with Gasteiger partial charge in [0.1, 0.15) is 5.75 Å². The van der Waals surface area contributed by atoms with E-state index in [9.17, 15) is 18.6 Å². The number of rotatable bonds is 9. The third-order valence-corrected chi connectivity index (χ3v) is 7.70. The molecular weight excluding hydrogens is 482 g/mol. The van der Waals surface area contributed by atoms with Crippen LogP contribution in [0, 0.1) is 0 Å². The second kappa shape index (κ2) is 11.2. The summed E-state index contributed by atoms with van der Waals surface area (Å²) in [5.74, 6) is 1.13. The number of para-hydroxylation sites is 2. The number of likely N-dealkylation sites (N-methyl/N-ethyl adjacent to an activating group) is 1. The molecule has 3 aromatic carbocycles. The lowest BCUT2D eigenvalue weighted by Gasteiger charge is -2.38. The summed E-state index contributed by atoms with van der Waals surface area (Å²) in [6.45, 7) is 3.30. The Morgan fingerprint density at radius 2 is 1.58 bits per heavy atom. The smallest absolute Gasteiger partial charge is 0.240 e. The van der Waals surface area contributed by atoms with E-state index in [-0.39, 0.29) is 29.0 Å². The Labute approximate surface area is 211 Å². The van der Waals surface area contributed by atoms with Gasteiger partial charge in [0, 0.05) is 38.8 Å². The number of methoxy groups -OCH3 is 1. The van der Waals surface area contributed by atoms with Gasteiger partial charge in [-0.25, -0.2) is 13.1 Å². The van der Waals surface area contributed by atoms with Gasteiger partial charge in [-0.2, -0.15) is 0 Å². The van der Waals surface area contributed by atoms with Crippen LogP contribution in [0.1, 0.15) is 11.6 Å². The first kappa shape index (κ1) is 25.8. The van der Waals surface area contributed by atoms with Crippen molar-refractivity contribution in [3.8, 4) is 28.7 Å². The maximum absolute atomic E-state index is 13.1. The van der Waals surface area contributed by atoms with Crippen molar-refractivity contribution in [2.45, 2.75) is 10.9 Å². The van der Waals surface area contributed by atoms with E-state index >= 15 is 0 Å². The summed E-state index contributed by atoms with van der Waals surface area (Å²) in [4.78, 5) is 4.50. The number of ether oxygens (including phenoxy) is 2. The quantitative estimate of drug-likeness (QED) is 0.374. The predicted octanol–water partition coefficient (Wildman–Crippen LogP) is 3.17. The molecule has 36 heavy (non-hydrogen) atoms. The first-order valence-corrected chi connectivity index (χ1v) is 13.1. The number of sulfonamides is 1. The number of phenols is 2. The number of benzene rings is 3. The minimum absolute atomic E-state index is 0.107. The van der Waals surface area contributed by atoms with Crippen molar-refractivity contribution in [3.05, 3.63) is 72.3 Å². The number of hydrogen-bond acceptors (Lipinski definition) is 8. The van der Waals surface area contributed by atoms with Crippen LogP contribution in [0.3, 0.4) is 0 Å². The van der Waals surface area contributed by atoms with Crippen molar-refractivity contribution in [2.75, 3.05) is 46.9 Å². The van der Waals surface area contributed by atoms with Crippen LogP contribution in [0.4, 0.5) is 0 Å². The van der Waals surface area contributed by atoms with Crippen molar-refractivity contribution in [1.29, 1.82) is 0 Å². The summed E-state index contributed by atoms with van der Waals surface area (Å²) in [6, 6.07) is 17.7. The molecule has 4 rings (SSSR count). The van der Waals surface area contributed by atoms with Crippen molar-refractivity contribution in [2.24, 2.45) is 0 Å². The normalized spacial score (nSPS) is 15.9. The zero-order chi connectivity index (χ0) is 25.7. The molecule has 3 aromatic rings. The standard InChI is InChI=1S/C26H31N3O6S/c1-28-13-15-29(16-14-28)22(19-7-12-23(30)24(31)17-19)18-27-36(32,33)21-10-8-20(9-11-21)35-26-6-4-3-5-25(26)34-2/h3-12,17,22,27,30-31H,13-16,18H2,1-2H3. The first-order valence-electron chi connectivity index (χ1n) is 11.6.